The summed E-state index contributed by atoms with van der Waals surface area (Å²) in [4.78, 5) is 16.7. The Labute approximate surface area is 137 Å². The normalized spacial score (nSPS) is 24.8. The Morgan fingerprint density at radius 3 is 2.26 bits per heavy atom. The van der Waals surface area contributed by atoms with Gasteiger partial charge in [0.1, 0.15) is 11.4 Å². The zero-order valence-corrected chi connectivity index (χ0v) is 14.1. The van der Waals surface area contributed by atoms with Gasteiger partial charge in [-0.05, 0) is 51.3 Å². The van der Waals surface area contributed by atoms with Crippen LogP contribution >= 0.6 is 0 Å². The average molecular weight is 320 g/mol. The molecule has 2 saturated heterocycles. The summed E-state index contributed by atoms with van der Waals surface area (Å²) in [7, 11) is 0. The van der Waals surface area contributed by atoms with Crippen LogP contribution in [0.2, 0.25) is 0 Å². The molecule has 2 unspecified atom stereocenters. The second-order valence-electron chi connectivity index (χ2n) is 7.59. The first-order chi connectivity index (χ1) is 10.8. The van der Waals surface area contributed by atoms with Gasteiger partial charge in [-0.3, -0.25) is 9.80 Å². The van der Waals surface area contributed by atoms with Crippen LogP contribution in [0.4, 0.5) is 9.18 Å². The number of carbonyl (C=O) groups excluding carboxylic acids is 1. The third-order valence-corrected chi connectivity index (χ3v) is 4.48. The summed E-state index contributed by atoms with van der Waals surface area (Å²) in [6.45, 7) is 8.21. The van der Waals surface area contributed by atoms with Crippen molar-refractivity contribution < 1.29 is 13.9 Å². The maximum atomic E-state index is 13.0. The van der Waals surface area contributed by atoms with Gasteiger partial charge in [0.15, 0.2) is 0 Å². The SMILES string of the molecule is CC(C)(C)OC(=O)N1C2CCC1CN(Cc1ccc(F)cc1)C2. The standard InChI is InChI=1S/C18H25FN2O2/c1-18(2,3)23-17(22)21-15-8-9-16(21)12-20(11-15)10-13-4-6-14(19)7-5-13/h4-7,15-16H,8-12H2,1-3H3. The van der Waals surface area contributed by atoms with E-state index in [1.165, 1.54) is 12.1 Å². The van der Waals surface area contributed by atoms with Crippen LogP contribution in [-0.4, -0.2) is 46.7 Å². The number of benzene rings is 1. The molecule has 0 saturated carbocycles. The van der Waals surface area contributed by atoms with Gasteiger partial charge in [-0.2, -0.15) is 0 Å². The molecule has 2 aliphatic heterocycles. The lowest BCUT2D eigenvalue weighted by Gasteiger charge is -2.41. The molecule has 2 fully saturated rings. The molecule has 23 heavy (non-hydrogen) atoms. The summed E-state index contributed by atoms with van der Waals surface area (Å²) in [6, 6.07) is 7.12. The maximum Gasteiger partial charge on any atom is 0.410 e. The van der Waals surface area contributed by atoms with Gasteiger partial charge in [0.05, 0.1) is 0 Å². The molecule has 2 aliphatic rings. The summed E-state index contributed by atoms with van der Waals surface area (Å²) in [5.41, 5.74) is 0.651. The van der Waals surface area contributed by atoms with Crippen molar-refractivity contribution in [1.29, 1.82) is 0 Å². The van der Waals surface area contributed by atoms with Crippen LogP contribution in [0.3, 0.4) is 0 Å². The largest absolute Gasteiger partial charge is 0.444 e. The highest BCUT2D eigenvalue weighted by molar-refractivity contribution is 5.69. The van der Waals surface area contributed by atoms with Gasteiger partial charge in [-0.25, -0.2) is 9.18 Å². The summed E-state index contributed by atoms with van der Waals surface area (Å²) in [5.74, 6) is -0.205. The molecule has 1 aromatic carbocycles. The van der Waals surface area contributed by atoms with E-state index in [0.29, 0.717) is 0 Å². The maximum absolute atomic E-state index is 13.0. The Hall–Kier alpha value is -1.62. The van der Waals surface area contributed by atoms with Crippen LogP contribution < -0.4 is 0 Å². The van der Waals surface area contributed by atoms with Gasteiger partial charge >= 0.3 is 6.09 Å². The predicted octanol–water partition coefficient (Wildman–Crippen LogP) is 3.41. The van der Waals surface area contributed by atoms with E-state index in [1.807, 2.05) is 37.8 Å². The molecule has 1 amide bonds. The van der Waals surface area contributed by atoms with Gasteiger partial charge < -0.3 is 4.74 Å². The highest BCUT2D eigenvalue weighted by Gasteiger charge is 2.44. The lowest BCUT2D eigenvalue weighted by molar-refractivity contribution is -0.00542. The number of ether oxygens (including phenoxy) is 1. The molecule has 2 bridgehead atoms. The minimum Gasteiger partial charge on any atom is -0.444 e. The molecule has 5 heteroatoms. The van der Waals surface area contributed by atoms with E-state index in [-0.39, 0.29) is 24.0 Å². The Kier molecular flexibility index (Phi) is 4.32. The fraction of sp³-hybridized carbons (Fsp3) is 0.611. The van der Waals surface area contributed by atoms with Crippen LogP contribution in [0, 0.1) is 5.82 Å². The minimum absolute atomic E-state index is 0.188. The molecule has 0 radical (unpaired) electrons. The molecular weight excluding hydrogens is 295 g/mol. The van der Waals surface area contributed by atoms with Gasteiger partial charge in [0, 0.05) is 31.7 Å². The first kappa shape index (κ1) is 16.2. The number of rotatable bonds is 2. The monoisotopic (exact) mass is 320 g/mol. The van der Waals surface area contributed by atoms with Gasteiger partial charge in [-0.1, -0.05) is 12.1 Å². The van der Waals surface area contributed by atoms with Crippen molar-refractivity contribution >= 4 is 6.09 Å². The lowest BCUT2D eigenvalue weighted by Crippen LogP contribution is -2.56. The quantitative estimate of drug-likeness (QED) is 0.837. The van der Waals surface area contributed by atoms with Crippen molar-refractivity contribution in [2.45, 2.75) is 57.8 Å². The summed E-state index contributed by atoms with van der Waals surface area (Å²) in [6.07, 6.45) is 1.87. The van der Waals surface area contributed by atoms with Crippen LogP contribution in [0.25, 0.3) is 0 Å². The van der Waals surface area contributed by atoms with Crippen molar-refractivity contribution in [3.05, 3.63) is 35.6 Å². The molecule has 0 N–H and O–H groups in total. The number of hydrogen-bond acceptors (Lipinski definition) is 3. The van der Waals surface area contributed by atoms with E-state index < -0.39 is 5.60 Å². The van der Waals surface area contributed by atoms with E-state index in [9.17, 15) is 9.18 Å². The number of amides is 1. The molecule has 2 heterocycles. The van der Waals surface area contributed by atoms with Crippen molar-refractivity contribution in [2.75, 3.05) is 13.1 Å². The molecule has 4 nitrogen and oxygen atoms in total. The highest BCUT2D eigenvalue weighted by Crippen LogP contribution is 2.32. The smallest absolute Gasteiger partial charge is 0.410 e. The Morgan fingerprint density at radius 1 is 1.17 bits per heavy atom. The third kappa shape index (κ3) is 3.83. The number of hydrogen-bond donors (Lipinski definition) is 0. The molecule has 126 valence electrons. The Balaban J connectivity index is 1.62. The van der Waals surface area contributed by atoms with E-state index in [0.717, 1.165) is 38.0 Å². The van der Waals surface area contributed by atoms with Crippen molar-refractivity contribution in [1.82, 2.24) is 9.80 Å². The molecule has 3 rings (SSSR count). The number of fused-ring (bicyclic) bond motifs is 2. The molecular formula is C18H25FN2O2. The summed E-state index contributed by atoms with van der Waals surface area (Å²) >= 11 is 0. The summed E-state index contributed by atoms with van der Waals surface area (Å²) in [5, 5.41) is 0. The minimum atomic E-state index is -0.457. The van der Waals surface area contributed by atoms with Gasteiger partial charge in [-0.15, -0.1) is 0 Å². The van der Waals surface area contributed by atoms with Crippen LogP contribution in [0.15, 0.2) is 24.3 Å². The highest BCUT2D eigenvalue weighted by atomic mass is 19.1. The molecule has 0 spiro atoms. The van der Waals surface area contributed by atoms with Crippen molar-refractivity contribution in [3.8, 4) is 0 Å². The Bertz CT molecular complexity index is 553. The second kappa shape index (κ2) is 6.11. The first-order valence-corrected chi connectivity index (χ1v) is 8.30. The zero-order valence-electron chi connectivity index (χ0n) is 14.1. The van der Waals surface area contributed by atoms with Crippen LogP contribution in [-0.2, 0) is 11.3 Å². The fourth-order valence-corrected chi connectivity index (χ4v) is 3.58. The Morgan fingerprint density at radius 2 is 1.74 bits per heavy atom. The van der Waals surface area contributed by atoms with E-state index >= 15 is 0 Å². The average Bonchev–Trinajstić information content (AvgIpc) is 2.72. The van der Waals surface area contributed by atoms with E-state index in [4.69, 9.17) is 4.74 Å². The third-order valence-electron chi connectivity index (χ3n) is 4.48. The predicted molar refractivity (Wildman–Crippen MR) is 86.6 cm³/mol. The van der Waals surface area contributed by atoms with Crippen LogP contribution in [0.5, 0.6) is 0 Å². The van der Waals surface area contributed by atoms with Crippen LogP contribution in [0.1, 0.15) is 39.2 Å². The molecule has 0 aliphatic carbocycles. The molecule has 0 aromatic heterocycles. The molecule has 2 atom stereocenters. The van der Waals surface area contributed by atoms with E-state index in [2.05, 4.69) is 4.90 Å². The lowest BCUT2D eigenvalue weighted by atomic mass is 10.1. The van der Waals surface area contributed by atoms with Gasteiger partial charge in [0.25, 0.3) is 0 Å². The zero-order chi connectivity index (χ0) is 16.6. The number of carbonyl (C=O) groups is 1. The first-order valence-electron chi connectivity index (χ1n) is 8.30. The fourth-order valence-electron chi connectivity index (χ4n) is 3.58. The topological polar surface area (TPSA) is 32.8 Å². The molecule has 1 aromatic rings. The number of nitrogens with zero attached hydrogens (tertiary/aromatic N) is 2. The number of piperazine rings is 1. The van der Waals surface area contributed by atoms with Crippen molar-refractivity contribution in [2.24, 2.45) is 0 Å². The van der Waals surface area contributed by atoms with E-state index in [1.54, 1.807) is 0 Å². The number of likely N-dealkylation sites (tertiary alicyclic amines) is 1. The summed E-state index contributed by atoms with van der Waals surface area (Å²) < 4.78 is 18.6. The number of halogens is 1. The second-order valence-corrected chi connectivity index (χ2v) is 7.59. The van der Waals surface area contributed by atoms with Crippen molar-refractivity contribution in [3.63, 3.8) is 0 Å². The van der Waals surface area contributed by atoms with Gasteiger partial charge in [0.2, 0.25) is 0 Å².